The number of rotatable bonds is 4. The normalized spacial score (nSPS) is 21.1. The zero-order valence-corrected chi connectivity index (χ0v) is 14.2. The molecule has 1 aromatic rings. The molecular weight excluding hydrogens is 342 g/mol. The van der Waals surface area contributed by atoms with Crippen molar-refractivity contribution in [3.05, 3.63) is 28.2 Å². The Morgan fingerprint density at radius 3 is 2.90 bits per heavy atom. The lowest BCUT2D eigenvalue weighted by Gasteiger charge is -2.32. The van der Waals surface area contributed by atoms with E-state index in [9.17, 15) is 8.42 Å². The Balaban J connectivity index is 2.27. The van der Waals surface area contributed by atoms with E-state index in [2.05, 4.69) is 15.9 Å². The number of halogens is 1. The van der Waals surface area contributed by atoms with Gasteiger partial charge in [0.25, 0.3) is 0 Å². The molecule has 0 bridgehead atoms. The van der Waals surface area contributed by atoms with Crippen molar-refractivity contribution < 1.29 is 13.2 Å². The fourth-order valence-electron chi connectivity index (χ4n) is 2.49. The van der Waals surface area contributed by atoms with Gasteiger partial charge in [-0.2, -0.15) is 4.31 Å². The molecule has 1 aliphatic heterocycles. The molecule has 1 aromatic carbocycles. The number of nitrogens with zero attached hydrogens (tertiary/aromatic N) is 1. The molecule has 1 heterocycles. The van der Waals surface area contributed by atoms with Gasteiger partial charge in [0.2, 0.25) is 10.0 Å². The number of hydrogen-bond donors (Lipinski definition) is 0. The quantitative estimate of drug-likeness (QED) is 0.827. The Kier molecular flexibility index (Phi) is 5.23. The van der Waals surface area contributed by atoms with Gasteiger partial charge >= 0.3 is 0 Å². The van der Waals surface area contributed by atoms with Gasteiger partial charge in [-0.25, -0.2) is 8.42 Å². The topological polar surface area (TPSA) is 46.6 Å². The highest BCUT2D eigenvalue weighted by molar-refractivity contribution is 9.10. The average molecular weight is 362 g/mol. The summed E-state index contributed by atoms with van der Waals surface area (Å²) in [6, 6.07) is 5.35. The third-order valence-electron chi connectivity index (χ3n) is 3.51. The molecule has 1 saturated heterocycles. The Morgan fingerprint density at radius 1 is 1.45 bits per heavy atom. The van der Waals surface area contributed by atoms with Gasteiger partial charge < -0.3 is 4.74 Å². The third kappa shape index (κ3) is 3.42. The number of piperidine rings is 1. The van der Waals surface area contributed by atoms with E-state index in [1.54, 1.807) is 10.4 Å². The van der Waals surface area contributed by atoms with Crippen LogP contribution in [0.1, 0.15) is 25.3 Å². The number of sulfonamides is 1. The fourth-order valence-corrected chi connectivity index (χ4v) is 4.76. The Morgan fingerprint density at radius 2 is 2.20 bits per heavy atom. The van der Waals surface area contributed by atoms with Gasteiger partial charge in [0.1, 0.15) is 0 Å². The first-order valence-electron chi connectivity index (χ1n) is 6.83. The van der Waals surface area contributed by atoms with Gasteiger partial charge in [0.05, 0.1) is 11.0 Å². The van der Waals surface area contributed by atoms with Crippen molar-refractivity contribution in [2.45, 2.75) is 37.7 Å². The van der Waals surface area contributed by atoms with E-state index < -0.39 is 10.0 Å². The molecule has 1 aliphatic rings. The van der Waals surface area contributed by atoms with Crippen LogP contribution in [0.25, 0.3) is 0 Å². The van der Waals surface area contributed by atoms with Crippen molar-refractivity contribution in [2.75, 3.05) is 19.7 Å². The maximum atomic E-state index is 12.8. The van der Waals surface area contributed by atoms with Gasteiger partial charge in [0, 0.05) is 24.2 Å². The largest absolute Gasteiger partial charge is 0.377 e. The first-order chi connectivity index (χ1) is 9.45. The fraction of sp³-hybridized carbons (Fsp3) is 0.571. The minimum Gasteiger partial charge on any atom is -0.377 e. The molecule has 0 N–H and O–H groups in total. The summed E-state index contributed by atoms with van der Waals surface area (Å²) < 4.78 is 33.4. The third-order valence-corrected chi connectivity index (χ3v) is 6.01. The second-order valence-electron chi connectivity index (χ2n) is 4.99. The van der Waals surface area contributed by atoms with Gasteiger partial charge in [-0.05, 0) is 44.4 Å². The van der Waals surface area contributed by atoms with E-state index in [4.69, 9.17) is 4.74 Å². The first kappa shape index (κ1) is 15.9. The number of hydrogen-bond acceptors (Lipinski definition) is 3. The Bertz CT molecular complexity index is 572. The lowest BCUT2D eigenvalue weighted by atomic mass is 10.1. The van der Waals surface area contributed by atoms with Crippen LogP contribution in [0.5, 0.6) is 0 Å². The predicted molar refractivity (Wildman–Crippen MR) is 82.3 cm³/mol. The SMILES string of the molecule is CCOC1CCCN(S(=O)(=O)c2cc(Br)ccc2C)C1. The van der Waals surface area contributed by atoms with Crippen LogP contribution in [0.3, 0.4) is 0 Å². The summed E-state index contributed by atoms with van der Waals surface area (Å²) in [7, 11) is -3.44. The van der Waals surface area contributed by atoms with Crippen molar-refractivity contribution in [1.29, 1.82) is 0 Å². The molecular formula is C14H20BrNO3S. The van der Waals surface area contributed by atoms with Gasteiger partial charge in [0.15, 0.2) is 0 Å². The maximum absolute atomic E-state index is 12.8. The number of ether oxygens (including phenoxy) is 1. The molecule has 1 atom stereocenters. The molecule has 1 fully saturated rings. The van der Waals surface area contributed by atoms with Gasteiger partial charge in [-0.15, -0.1) is 0 Å². The summed E-state index contributed by atoms with van der Waals surface area (Å²) >= 11 is 3.34. The summed E-state index contributed by atoms with van der Waals surface area (Å²) in [5.41, 5.74) is 0.770. The van der Waals surface area contributed by atoms with Crippen molar-refractivity contribution >= 4 is 26.0 Å². The van der Waals surface area contributed by atoms with Gasteiger partial charge in [-0.3, -0.25) is 0 Å². The van der Waals surface area contributed by atoms with Crippen LogP contribution in [-0.4, -0.2) is 38.5 Å². The second-order valence-corrected chi connectivity index (χ2v) is 7.81. The van der Waals surface area contributed by atoms with Crippen LogP contribution in [0.4, 0.5) is 0 Å². The molecule has 1 unspecified atom stereocenters. The van der Waals surface area contributed by atoms with Gasteiger partial charge in [-0.1, -0.05) is 22.0 Å². The predicted octanol–water partition coefficient (Wildman–Crippen LogP) is 2.95. The van der Waals surface area contributed by atoms with E-state index in [-0.39, 0.29) is 6.10 Å². The van der Waals surface area contributed by atoms with E-state index >= 15 is 0 Å². The monoisotopic (exact) mass is 361 g/mol. The molecule has 0 aliphatic carbocycles. The zero-order chi connectivity index (χ0) is 14.8. The summed E-state index contributed by atoms with van der Waals surface area (Å²) in [5, 5.41) is 0. The Hall–Kier alpha value is -0.430. The first-order valence-corrected chi connectivity index (χ1v) is 9.06. The number of aryl methyl sites for hydroxylation is 1. The second kappa shape index (κ2) is 6.56. The summed E-state index contributed by atoms with van der Waals surface area (Å²) in [6.07, 6.45) is 1.78. The molecule has 0 aromatic heterocycles. The van der Waals surface area contributed by atoms with Crippen LogP contribution < -0.4 is 0 Å². The van der Waals surface area contributed by atoms with Crippen LogP contribution in [0, 0.1) is 6.92 Å². The molecule has 112 valence electrons. The summed E-state index contributed by atoms with van der Waals surface area (Å²) in [6.45, 7) is 5.39. The lowest BCUT2D eigenvalue weighted by Crippen LogP contribution is -2.43. The lowest BCUT2D eigenvalue weighted by molar-refractivity contribution is 0.0265. The molecule has 2 rings (SSSR count). The summed E-state index contributed by atoms with van der Waals surface area (Å²) in [4.78, 5) is 0.379. The van der Waals surface area contributed by atoms with E-state index in [1.165, 1.54) is 0 Å². The molecule has 0 radical (unpaired) electrons. The minimum absolute atomic E-state index is 0.0102. The maximum Gasteiger partial charge on any atom is 0.243 e. The molecule has 0 spiro atoms. The molecule has 20 heavy (non-hydrogen) atoms. The van der Waals surface area contributed by atoms with E-state index in [0.717, 1.165) is 22.9 Å². The molecule has 4 nitrogen and oxygen atoms in total. The van der Waals surface area contributed by atoms with Crippen molar-refractivity contribution in [2.24, 2.45) is 0 Å². The minimum atomic E-state index is -3.44. The smallest absolute Gasteiger partial charge is 0.243 e. The van der Waals surface area contributed by atoms with E-state index in [1.807, 2.05) is 26.0 Å². The molecule has 0 saturated carbocycles. The zero-order valence-electron chi connectivity index (χ0n) is 11.8. The van der Waals surface area contributed by atoms with Crippen molar-refractivity contribution in [1.82, 2.24) is 4.31 Å². The van der Waals surface area contributed by atoms with Crippen LogP contribution >= 0.6 is 15.9 Å². The van der Waals surface area contributed by atoms with Crippen LogP contribution in [0.2, 0.25) is 0 Å². The Labute approximate surface area is 129 Å². The average Bonchev–Trinajstić information content (AvgIpc) is 2.42. The highest BCUT2D eigenvalue weighted by Crippen LogP contribution is 2.26. The number of benzene rings is 1. The molecule has 0 amide bonds. The van der Waals surface area contributed by atoms with Crippen molar-refractivity contribution in [3.63, 3.8) is 0 Å². The van der Waals surface area contributed by atoms with E-state index in [0.29, 0.717) is 24.6 Å². The molecule has 6 heteroatoms. The highest BCUT2D eigenvalue weighted by atomic mass is 79.9. The van der Waals surface area contributed by atoms with Crippen LogP contribution in [0.15, 0.2) is 27.6 Å². The highest BCUT2D eigenvalue weighted by Gasteiger charge is 2.31. The summed E-state index contributed by atoms with van der Waals surface area (Å²) in [5.74, 6) is 0. The standard InChI is InChI=1S/C14H20BrNO3S/c1-3-19-13-5-4-8-16(10-13)20(17,18)14-9-12(15)7-6-11(14)2/h6-7,9,13H,3-5,8,10H2,1-2H3. The van der Waals surface area contributed by atoms with Crippen LogP contribution in [-0.2, 0) is 14.8 Å². The van der Waals surface area contributed by atoms with Crippen molar-refractivity contribution in [3.8, 4) is 0 Å².